The quantitative estimate of drug-likeness (QED) is 0.643. The zero-order valence-corrected chi connectivity index (χ0v) is 7.74. The molecule has 0 amide bonds. The van der Waals surface area contributed by atoms with Gasteiger partial charge in [-0.3, -0.25) is 4.98 Å². The highest BCUT2D eigenvalue weighted by atomic mass is 19.1. The first-order chi connectivity index (χ1) is 6.77. The van der Waals surface area contributed by atoms with E-state index in [9.17, 15) is 4.39 Å². The topological polar surface area (TPSA) is 25.8 Å². The van der Waals surface area contributed by atoms with Gasteiger partial charge in [-0.05, 0) is 31.2 Å². The van der Waals surface area contributed by atoms with Gasteiger partial charge in [0.05, 0.1) is 11.3 Å². The van der Waals surface area contributed by atoms with Gasteiger partial charge >= 0.3 is 0 Å². The van der Waals surface area contributed by atoms with Gasteiger partial charge in [0.1, 0.15) is 0 Å². The van der Waals surface area contributed by atoms with Crippen LogP contribution in [0.4, 0.5) is 4.39 Å². The molecule has 70 valence electrons. The molecule has 0 aliphatic heterocycles. The summed E-state index contributed by atoms with van der Waals surface area (Å²) in [5.41, 5.74) is 1.72. The average molecular weight is 188 g/mol. The molecule has 2 aromatic heterocycles. The van der Waals surface area contributed by atoms with Crippen molar-refractivity contribution in [3.8, 4) is 11.3 Å². The molecule has 2 nitrogen and oxygen atoms in total. The molecule has 0 spiro atoms. The summed E-state index contributed by atoms with van der Waals surface area (Å²) < 4.78 is 13.4. The van der Waals surface area contributed by atoms with Gasteiger partial charge in [-0.2, -0.15) is 4.39 Å². The van der Waals surface area contributed by atoms with Crippen molar-refractivity contribution in [2.45, 2.75) is 6.92 Å². The summed E-state index contributed by atoms with van der Waals surface area (Å²) in [6.07, 6.45) is 1.63. The molecule has 0 saturated carbocycles. The summed E-state index contributed by atoms with van der Waals surface area (Å²) in [6.45, 7) is 1.76. The first kappa shape index (κ1) is 8.81. The standard InChI is InChI=1S/C11H9FN2/c1-8-5-6-9(11(12)14-8)10-4-2-3-7-13-10/h2-7H,1H3. The highest BCUT2D eigenvalue weighted by Gasteiger charge is 2.06. The SMILES string of the molecule is Cc1ccc(-c2ccccn2)c(F)n1. The molecule has 0 atom stereocenters. The lowest BCUT2D eigenvalue weighted by Crippen LogP contribution is -1.92. The van der Waals surface area contributed by atoms with E-state index in [1.165, 1.54) is 0 Å². The molecule has 14 heavy (non-hydrogen) atoms. The zero-order valence-electron chi connectivity index (χ0n) is 7.74. The molecule has 2 heterocycles. The van der Waals surface area contributed by atoms with Crippen molar-refractivity contribution in [1.29, 1.82) is 0 Å². The maximum atomic E-state index is 13.4. The largest absolute Gasteiger partial charge is 0.256 e. The van der Waals surface area contributed by atoms with E-state index in [2.05, 4.69) is 9.97 Å². The Bertz CT molecular complexity index is 440. The molecule has 2 rings (SSSR count). The van der Waals surface area contributed by atoms with Crippen LogP contribution in [0.15, 0.2) is 36.5 Å². The number of halogens is 1. The molecular weight excluding hydrogens is 179 g/mol. The third-order valence-electron chi connectivity index (χ3n) is 1.93. The predicted octanol–water partition coefficient (Wildman–Crippen LogP) is 2.59. The molecule has 0 aromatic carbocycles. The van der Waals surface area contributed by atoms with E-state index in [1.54, 1.807) is 37.4 Å². The Morgan fingerprint density at radius 2 is 2.00 bits per heavy atom. The Balaban J connectivity index is 2.53. The molecule has 0 aliphatic rings. The van der Waals surface area contributed by atoms with Crippen molar-refractivity contribution in [2.75, 3.05) is 0 Å². The summed E-state index contributed by atoms with van der Waals surface area (Å²) in [4.78, 5) is 7.80. The van der Waals surface area contributed by atoms with Crippen LogP contribution in [0.3, 0.4) is 0 Å². The van der Waals surface area contributed by atoms with E-state index in [-0.39, 0.29) is 0 Å². The lowest BCUT2D eigenvalue weighted by Gasteiger charge is -2.01. The fourth-order valence-electron chi connectivity index (χ4n) is 1.24. The molecule has 0 bridgehead atoms. The van der Waals surface area contributed by atoms with Gasteiger partial charge < -0.3 is 0 Å². The van der Waals surface area contributed by atoms with Gasteiger partial charge in [0.2, 0.25) is 5.95 Å². The Kier molecular flexibility index (Phi) is 2.23. The number of nitrogens with zero attached hydrogens (tertiary/aromatic N) is 2. The van der Waals surface area contributed by atoms with Crippen molar-refractivity contribution >= 4 is 0 Å². The fraction of sp³-hybridized carbons (Fsp3) is 0.0909. The Morgan fingerprint density at radius 1 is 1.14 bits per heavy atom. The molecule has 0 fully saturated rings. The van der Waals surface area contributed by atoms with Gasteiger partial charge in [-0.25, -0.2) is 4.98 Å². The van der Waals surface area contributed by atoms with Gasteiger partial charge in [-0.15, -0.1) is 0 Å². The third kappa shape index (κ3) is 1.62. The molecule has 0 N–H and O–H groups in total. The van der Waals surface area contributed by atoms with E-state index in [0.29, 0.717) is 17.0 Å². The molecule has 0 saturated heterocycles. The normalized spacial score (nSPS) is 10.1. The second-order valence-electron chi connectivity index (χ2n) is 3.01. The van der Waals surface area contributed by atoms with E-state index in [0.717, 1.165) is 0 Å². The smallest absolute Gasteiger partial charge is 0.222 e. The zero-order chi connectivity index (χ0) is 9.97. The number of hydrogen-bond donors (Lipinski definition) is 0. The summed E-state index contributed by atoms with van der Waals surface area (Å²) in [7, 11) is 0. The number of aromatic nitrogens is 2. The number of aryl methyl sites for hydroxylation is 1. The van der Waals surface area contributed by atoms with Crippen LogP contribution < -0.4 is 0 Å². The Hall–Kier alpha value is -1.77. The van der Waals surface area contributed by atoms with Crippen LogP contribution >= 0.6 is 0 Å². The minimum absolute atomic E-state index is 0.441. The summed E-state index contributed by atoms with van der Waals surface area (Å²) >= 11 is 0. The summed E-state index contributed by atoms with van der Waals surface area (Å²) in [5.74, 6) is -0.469. The molecule has 0 unspecified atom stereocenters. The van der Waals surface area contributed by atoms with Gasteiger partial charge in [-0.1, -0.05) is 6.07 Å². The van der Waals surface area contributed by atoms with Crippen molar-refractivity contribution in [3.63, 3.8) is 0 Å². The molecule has 0 radical (unpaired) electrons. The lowest BCUT2D eigenvalue weighted by atomic mass is 10.2. The van der Waals surface area contributed by atoms with E-state index >= 15 is 0 Å². The first-order valence-corrected chi connectivity index (χ1v) is 4.32. The van der Waals surface area contributed by atoms with E-state index < -0.39 is 5.95 Å². The van der Waals surface area contributed by atoms with Crippen LogP contribution in [-0.4, -0.2) is 9.97 Å². The fourth-order valence-corrected chi connectivity index (χ4v) is 1.24. The van der Waals surface area contributed by atoms with E-state index in [4.69, 9.17) is 0 Å². The molecule has 3 heteroatoms. The van der Waals surface area contributed by atoms with Crippen molar-refractivity contribution in [2.24, 2.45) is 0 Å². The number of pyridine rings is 2. The second-order valence-corrected chi connectivity index (χ2v) is 3.01. The minimum Gasteiger partial charge on any atom is -0.256 e. The average Bonchev–Trinajstić information content (AvgIpc) is 2.19. The van der Waals surface area contributed by atoms with Crippen LogP contribution in [0, 0.1) is 12.9 Å². The van der Waals surface area contributed by atoms with Crippen LogP contribution in [0.1, 0.15) is 5.69 Å². The highest BCUT2D eigenvalue weighted by molar-refractivity contribution is 5.58. The van der Waals surface area contributed by atoms with Crippen molar-refractivity contribution in [3.05, 3.63) is 48.2 Å². The van der Waals surface area contributed by atoms with Gasteiger partial charge in [0, 0.05) is 11.9 Å². The van der Waals surface area contributed by atoms with Gasteiger partial charge in [0.15, 0.2) is 0 Å². The Labute approximate surface area is 81.5 Å². The van der Waals surface area contributed by atoms with Gasteiger partial charge in [0.25, 0.3) is 0 Å². The maximum Gasteiger partial charge on any atom is 0.222 e. The van der Waals surface area contributed by atoms with Crippen LogP contribution in [0.2, 0.25) is 0 Å². The summed E-state index contributed by atoms with van der Waals surface area (Å²) in [6, 6.07) is 8.84. The Morgan fingerprint density at radius 3 is 2.64 bits per heavy atom. The number of rotatable bonds is 1. The second kappa shape index (κ2) is 3.54. The lowest BCUT2D eigenvalue weighted by molar-refractivity contribution is 0.583. The van der Waals surface area contributed by atoms with Crippen LogP contribution in [0.25, 0.3) is 11.3 Å². The minimum atomic E-state index is -0.469. The maximum absolute atomic E-state index is 13.4. The molecule has 2 aromatic rings. The van der Waals surface area contributed by atoms with Crippen molar-refractivity contribution < 1.29 is 4.39 Å². The molecule has 0 aliphatic carbocycles. The van der Waals surface area contributed by atoms with Crippen LogP contribution in [0.5, 0.6) is 0 Å². The van der Waals surface area contributed by atoms with Crippen molar-refractivity contribution in [1.82, 2.24) is 9.97 Å². The van der Waals surface area contributed by atoms with E-state index in [1.807, 2.05) is 6.07 Å². The van der Waals surface area contributed by atoms with Crippen LogP contribution in [-0.2, 0) is 0 Å². The monoisotopic (exact) mass is 188 g/mol. The third-order valence-corrected chi connectivity index (χ3v) is 1.93. The number of hydrogen-bond acceptors (Lipinski definition) is 2. The first-order valence-electron chi connectivity index (χ1n) is 4.32. The predicted molar refractivity (Wildman–Crippen MR) is 52.2 cm³/mol. The summed E-state index contributed by atoms with van der Waals surface area (Å²) in [5, 5.41) is 0. The highest BCUT2D eigenvalue weighted by Crippen LogP contribution is 2.18. The molecular formula is C11H9FN2.